The Morgan fingerprint density at radius 3 is 2.68 bits per heavy atom. The second-order valence-electron chi connectivity index (χ2n) is 9.79. The van der Waals surface area contributed by atoms with Gasteiger partial charge in [0.2, 0.25) is 5.91 Å². The first-order chi connectivity index (χ1) is 16.5. The van der Waals surface area contributed by atoms with Gasteiger partial charge >= 0.3 is 5.63 Å². The largest absolute Gasteiger partial charge is 0.423 e. The number of benzene rings is 2. The van der Waals surface area contributed by atoms with Gasteiger partial charge in [-0.25, -0.2) is 4.79 Å². The van der Waals surface area contributed by atoms with Gasteiger partial charge in [0, 0.05) is 37.6 Å². The number of fused-ring (bicyclic) bond motifs is 1. The number of likely N-dealkylation sites (tertiary alicyclic amines) is 1. The monoisotopic (exact) mass is 460 g/mol. The molecule has 3 aromatic rings. The number of piperidine rings is 1. The summed E-state index contributed by atoms with van der Waals surface area (Å²) in [6, 6.07) is 17.7. The maximum absolute atomic E-state index is 12.7. The predicted molar refractivity (Wildman–Crippen MR) is 132 cm³/mol. The van der Waals surface area contributed by atoms with Gasteiger partial charge in [0.25, 0.3) is 0 Å². The number of nitrogens with one attached hydrogen (secondary N) is 1. The summed E-state index contributed by atoms with van der Waals surface area (Å²) in [6.45, 7) is 5.52. The number of rotatable bonds is 6. The topological polar surface area (TPSA) is 71.8 Å². The van der Waals surface area contributed by atoms with Crippen LogP contribution >= 0.6 is 0 Å². The van der Waals surface area contributed by atoms with E-state index < -0.39 is 5.63 Å². The zero-order valence-corrected chi connectivity index (χ0v) is 19.7. The molecule has 2 saturated heterocycles. The molecule has 0 radical (unpaired) electrons. The highest BCUT2D eigenvalue weighted by atomic mass is 16.5. The Labute approximate surface area is 199 Å². The highest BCUT2D eigenvalue weighted by Crippen LogP contribution is 2.39. The highest BCUT2D eigenvalue weighted by Gasteiger charge is 2.42. The fourth-order valence-corrected chi connectivity index (χ4v) is 5.31. The van der Waals surface area contributed by atoms with Crippen LogP contribution in [0.3, 0.4) is 0 Å². The maximum atomic E-state index is 12.7. The summed E-state index contributed by atoms with van der Waals surface area (Å²) in [5, 5.41) is 3.83. The third-order valence-electron chi connectivity index (χ3n) is 7.22. The summed E-state index contributed by atoms with van der Waals surface area (Å²) >= 11 is 0. The second kappa shape index (κ2) is 9.72. The molecule has 3 heterocycles. The zero-order chi connectivity index (χ0) is 23.5. The van der Waals surface area contributed by atoms with E-state index in [4.69, 9.17) is 9.15 Å². The smallest absolute Gasteiger partial charge is 0.336 e. The van der Waals surface area contributed by atoms with Crippen LogP contribution in [0.25, 0.3) is 11.0 Å². The molecule has 0 aliphatic carbocycles. The predicted octanol–water partition coefficient (Wildman–Crippen LogP) is 3.97. The van der Waals surface area contributed by atoms with Gasteiger partial charge in [-0.3, -0.25) is 9.69 Å². The SMILES string of the molecule is Cc1ccc2c(CC(=O)NCC3CCC4(CCN(Cc5ccccc5)CC4)O3)cc(=O)oc2c1. The summed E-state index contributed by atoms with van der Waals surface area (Å²) in [7, 11) is 0. The molecule has 0 saturated carbocycles. The minimum absolute atomic E-state index is 0.0462. The van der Waals surface area contributed by atoms with E-state index >= 15 is 0 Å². The molecule has 0 bridgehead atoms. The van der Waals surface area contributed by atoms with Crippen molar-refractivity contribution in [1.29, 1.82) is 0 Å². The van der Waals surface area contributed by atoms with Crippen molar-refractivity contribution >= 4 is 16.9 Å². The lowest BCUT2D eigenvalue weighted by molar-refractivity contribution is -0.122. The molecule has 34 heavy (non-hydrogen) atoms. The van der Waals surface area contributed by atoms with Crippen LogP contribution in [0, 0.1) is 6.92 Å². The minimum atomic E-state index is -0.430. The average Bonchev–Trinajstić information content (AvgIpc) is 3.22. The Morgan fingerprint density at radius 2 is 1.88 bits per heavy atom. The second-order valence-corrected chi connectivity index (χ2v) is 9.79. The molecule has 1 N–H and O–H groups in total. The minimum Gasteiger partial charge on any atom is -0.423 e. The molecule has 2 aliphatic rings. The van der Waals surface area contributed by atoms with Crippen LogP contribution in [0.15, 0.2) is 63.8 Å². The van der Waals surface area contributed by atoms with Gasteiger partial charge in [-0.15, -0.1) is 0 Å². The van der Waals surface area contributed by atoms with E-state index in [-0.39, 0.29) is 24.0 Å². The van der Waals surface area contributed by atoms with E-state index in [1.165, 1.54) is 11.6 Å². The van der Waals surface area contributed by atoms with Crippen molar-refractivity contribution < 1.29 is 13.9 Å². The number of carbonyl (C=O) groups excluding carboxylic acids is 1. The van der Waals surface area contributed by atoms with Crippen molar-refractivity contribution in [3.8, 4) is 0 Å². The number of aryl methyl sites for hydroxylation is 1. The average molecular weight is 461 g/mol. The van der Waals surface area contributed by atoms with Gasteiger partial charge in [-0.05, 0) is 55.4 Å². The van der Waals surface area contributed by atoms with Crippen LogP contribution in [0.4, 0.5) is 0 Å². The third kappa shape index (κ3) is 5.24. The first-order valence-corrected chi connectivity index (χ1v) is 12.2. The Kier molecular flexibility index (Phi) is 6.53. The Hall–Kier alpha value is -2.96. The number of amides is 1. The van der Waals surface area contributed by atoms with Crippen LogP contribution in [0.2, 0.25) is 0 Å². The molecule has 2 aromatic carbocycles. The standard InChI is InChI=1S/C28H32N2O4/c1-20-7-8-24-22(17-27(32)33-25(24)15-20)16-26(31)29-18-23-9-10-28(34-23)11-13-30(14-12-28)19-21-5-3-2-4-6-21/h2-8,15,17,23H,9-14,16,18-19H2,1H3,(H,29,31). The molecule has 6 heteroatoms. The number of hydrogen-bond acceptors (Lipinski definition) is 5. The summed E-state index contributed by atoms with van der Waals surface area (Å²) in [6.07, 6.45) is 4.29. The number of ether oxygens (including phenoxy) is 1. The van der Waals surface area contributed by atoms with Crippen LogP contribution in [0.5, 0.6) is 0 Å². The van der Waals surface area contributed by atoms with Crippen molar-refractivity contribution in [1.82, 2.24) is 10.2 Å². The Bertz CT molecular complexity index is 1210. The highest BCUT2D eigenvalue weighted by molar-refractivity contribution is 5.87. The maximum Gasteiger partial charge on any atom is 0.336 e. The molecule has 2 aliphatic heterocycles. The fourth-order valence-electron chi connectivity index (χ4n) is 5.31. The van der Waals surface area contributed by atoms with Gasteiger partial charge in [0.05, 0.1) is 18.1 Å². The third-order valence-corrected chi connectivity index (χ3v) is 7.22. The number of carbonyl (C=O) groups is 1. The quantitative estimate of drug-likeness (QED) is 0.564. The van der Waals surface area contributed by atoms with Gasteiger partial charge in [-0.1, -0.05) is 42.5 Å². The molecule has 1 unspecified atom stereocenters. The molecular weight excluding hydrogens is 428 g/mol. The van der Waals surface area contributed by atoms with E-state index in [2.05, 4.69) is 40.5 Å². The molecule has 1 amide bonds. The van der Waals surface area contributed by atoms with Crippen LogP contribution in [-0.4, -0.2) is 42.1 Å². The summed E-state index contributed by atoms with van der Waals surface area (Å²) < 4.78 is 11.8. The lowest BCUT2D eigenvalue weighted by atomic mass is 9.88. The van der Waals surface area contributed by atoms with Crippen LogP contribution < -0.4 is 10.9 Å². The van der Waals surface area contributed by atoms with Gasteiger partial charge in [0.15, 0.2) is 0 Å². The lowest BCUT2D eigenvalue weighted by Gasteiger charge is -2.39. The van der Waals surface area contributed by atoms with Gasteiger partial charge in [0.1, 0.15) is 5.58 Å². The molecule has 1 spiro atoms. The molecule has 178 valence electrons. The van der Waals surface area contributed by atoms with Crippen LogP contribution in [0.1, 0.15) is 42.4 Å². The van der Waals surface area contributed by atoms with Crippen molar-refractivity contribution in [2.24, 2.45) is 0 Å². The molecular formula is C28H32N2O4. The molecule has 2 fully saturated rings. The van der Waals surface area contributed by atoms with E-state index in [1.807, 2.05) is 25.1 Å². The van der Waals surface area contributed by atoms with Crippen LogP contribution in [-0.2, 0) is 22.5 Å². The van der Waals surface area contributed by atoms with E-state index in [9.17, 15) is 9.59 Å². The summed E-state index contributed by atoms with van der Waals surface area (Å²) in [5.41, 5.74) is 3.10. The lowest BCUT2D eigenvalue weighted by Crippen LogP contribution is -2.45. The first kappa shape index (κ1) is 22.8. The van der Waals surface area contributed by atoms with Crippen molar-refractivity contribution in [2.45, 2.75) is 57.3 Å². The normalized spacial score (nSPS) is 20.1. The van der Waals surface area contributed by atoms with Crippen molar-refractivity contribution in [3.05, 3.63) is 81.7 Å². The molecule has 1 aromatic heterocycles. The van der Waals surface area contributed by atoms with Gasteiger partial charge < -0.3 is 14.5 Å². The van der Waals surface area contributed by atoms with E-state index in [0.717, 1.165) is 56.3 Å². The van der Waals surface area contributed by atoms with Crippen molar-refractivity contribution in [3.63, 3.8) is 0 Å². The fraction of sp³-hybridized carbons (Fsp3) is 0.429. The molecule has 5 rings (SSSR count). The van der Waals surface area contributed by atoms with Gasteiger partial charge in [-0.2, -0.15) is 0 Å². The molecule has 6 nitrogen and oxygen atoms in total. The number of nitrogens with zero attached hydrogens (tertiary/aromatic N) is 1. The Balaban J connectivity index is 1.12. The summed E-state index contributed by atoms with van der Waals surface area (Å²) in [5.74, 6) is -0.102. The van der Waals surface area contributed by atoms with E-state index in [0.29, 0.717) is 17.7 Å². The molecule has 1 atom stereocenters. The first-order valence-electron chi connectivity index (χ1n) is 12.2. The summed E-state index contributed by atoms with van der Waals surface area (Å²) in [4.78, 5) is 27.1. The number of hydrogen-bond donors (Lipinski definition) is 1. The van der Waals surface area contributed by atoms with Crippen molar-refractivity contribution in [2.75, 3.05) is 19.6 Å². The zero-order valence-electron chi connectivity index (χ0n) is 19.7. The Morgan fingerprint density at radius 1 is 1.09 bits per heavy atom. The van der Waals surface area contributed by atoms with E-state index in [1.54, 1.807) is 0 Å².